The van der Waals surface area contributed by atoms with Gasteiger partial charge >= 0.3 is 0 Å². The second-order valence-corrected chi connectivity index (χ2v) is 8.97. The van der Waals surface area contributed by atoms with Crippen molar-refractivity contribution in [3.05, 3.63) is 70.5 Å². The van der Waals surface area contributed by atoms with Gasteiger partial charge in [-0.2, -0.15) is 0 Å². The lowest BCUT2D eigenvalue weighted by atomic mass is 10.1. The van der Waals surface area contributed by atoms with E-state index in [0.29, 0.717) is 6.54 Å². The Kier molecular flexibility index (Phi) is 7.23. The molecular formula is C24H30ClFN4O. The van der Waals surface area contributed by atoms with Crippen molar-refractivity contribution in [1.29, 1.82) is 0 Å². The average Bonchev–Trinajstić information content (AvgIpc) is 3.21. The van der Waals surface area contributed by atoms with Crippen LogP contribution in [0.15, 0.2) is 48.5 Å². The SMILES string of the molecule is CN(Cc1ccc(F)c(Cl)c1)[C@H]1C[C@@H](C(=O)N2CCNCC2)N(Cc2ccccc2)C1. The molecule has 4 rings (SSSR count). The number of halogens is 2. The van der Waals surface area contributed by atoms with Gasteiger partial charge in [-0.1, -0.05) is 48.0 Å². The number of rotatable bonds is 6. The molecule has 2 fully saturated rings. The third kappa shape index (κ3) is 5.44. The van der Waals surface area contributed by atoms with Crippen LogP contribution < -0.4 is 5.32 Å². The highest BCUT2D eigenvalue weighted by Gasteiger charge is 2.40. The van der Waals surface area contributed by atoms with Crippen LogP contribution in [0.25, 0.3) is 0 Å². The monoisotopic (exact) mass is 444 g/mol. The van der Waals surface area contributed by atoms with Crippen LogP contribution in [0, 0.1) is 5.82 Å². The second-order valence-electron chi connectivity index (χ2n) is 8.56. The molecule has 0 bridgehead atoms. The molecule has 2 aliphatic rings. The van der Waals surface area contributed by atoms with E-state index < -0.39 is 5.82 Å². The van der Waals surface area contributed by atoms with Crippen LogP contribution in [0.4, 0.5) is 4.39 Å². The predicted molar refractivity (Wildman–Crippen MR) is 121 cm³/mol. The van der Waals surface area contributed by atoms with E-state index in [4.69, 9.17) is 11.6 Å². The molecule has 0 aromatic heterocycles. The molecule has 31 heavy (non-hydrogen) atoms. The molecule has 2 heterocycles. The zero-order valence-corrected chi connectivity index (χ0v) is 18.7. The van der Waals surface area contributed by atoms with Crippen LogP contribution in [0.5, 0.6) is 0 Å². The molecule has 1 N–H and O–H groups in total. The molecule has 0 radical (unpaired) electrons. The lowest BCUT2D eigenvalue weighted by molar-refractivity contribution is -0.136. The van der Waals surface area contributed by atoms with E-state index in [0.717, 1.165) is 51.3 Å². The summed E-state index contributed by atoms with van der Waals surface area (Å²) in [5, 5.41) is 3.47. The van der Waals surface area contributed by atoms with Gasteiger partial charge in [0.05, 0.1) is 11.1 Å². The van der Waals surface area contributed by atoms with Gasteiger partial charge in [0.15, 0.2) is 0 Å². The second kappa shape index (κ2) is 10.1. The van der Waals surface area contributed by atoms with E-state index >= 15 is 0 Å². The maximum absolute atomic E-state index is 13.5. The van der Waals surface area contributed by atoms with Gasteiger partial charge in [0, 0.05) is 51.9 Å². The molecule has 2 atom stereocenters. The summed E-state index contributed by atoms with van der Waals surface area (Å²) >= 11 is 5.96. The Morgan fingerprint density at radius 3 is 2.61 bits per heavy atom. The Hall–Kier alpha value is -1.99. The largest absolute Gasteiger partial charge is 0.339 e. The number of nitrogens with zero attached hydrogens (tertiary/aromatic N) is 3. The third-order valence-electron chi connectivity index (χ3n) is 6.36. The fourth-order valence-corrected chi connectivity index (χ4v) is 4.80. The van der Waals surface area contributed by atoms with E-state index in [1.807, 2.05) is 23.1 Å². The first kappa shape index (κ1) is 22.2. The molecule has 5 nitrogen and oxygen atoms in total. The maximum Gasteiger partial charge on any atom is 0.240 e. The van der Waals surface area contributed by atoms with Crippen molar-refractivity contribution >= 4 is 17.5 Å². The highest BCUT2D eigenvalue weighted by Crippen LogP contribution is 2.27. The van der Waals surface area contributed by atoms with Gasteiger partial charge < -0.3 is 10.2 Å². The summed E-state index contributed by atoms with van der Waals surface area (Å²) in [5.74, 6) is -0.164. The maximum atomic E-state index is 13.5. The Morgan fingerprint density at radius 1 is 1.16 bits per heavy atom. The van der Waals surface area contributed by atoms with Crippen molar-refractivity contribution in [2.45, 2.75) is 31.6 Å². The number of likely N-dealkylation sites (N-methyl/N-ethyl adjacent to an activating group) is 1. The van der Waals surface area contributed by atoms with Crippen molar-refractivity contribution in [2.75, 3.05) is 39.8 Å². The fourth-order valence-electron chi connectivity index (χ4n) is 4.60. The molecule has 166 valence electrons. The van der Waals surface area contributed by atoms with E-state index in [-0.39, 0.29) is 23.0 Å². The van der Waals surface area contributed by atoms with Gasteiger partial charge in [0.2, 0.25) is 5.91 Å². The van der Waals surface area contributed by atoms with Gasteiger partial charge in [-0.25, -0.2) is 4.39 Å². The minimum absolute atomic E-state index is 0.123. The van der Waals surface area contributed by atoms with Gasteiger partial charge in [0.1, 0.15) is 5.82 Å². The summed E-state index contributed by atoms with van der Waals surface area (Å²) < 4.78 is 13.5. The molecule has 1 amide bonds. The molecule has 0 spiro atoms. The van der Waals surface area contributed by atoms with Crippen LogP contribution in [0.1, 0.15) is 17.5 Å². The molecule has 2 saturated heterocycles. The number of benzene rings is 2. The van der Waals surface area contributed by atoms with Crippen LogP contribution in [-0.4, -0.2) is 72.5 Å². The summed E-state index contributed by atoms with van der Waals surface area (Å²) in [6.45, 7) is 5.49. The summed E-state index contributed by atoms with van der Waals surface area (Å²) in [7, 11) is 2.07. The Labute approximate surface area is 188 Å². The van der Waals surface area contributed by atoms with Crippen molar-refractivity contribution in [1.82, 2.24) is 20.0 Å². The molecule has 7 heteroatoms. The van der Waals surface area contributed by atoms with Crippen molar-refractivity contribution in [3.63, 3.8) is 0 Å². The Balaban J connectivity index is 1.48. The normalized spacial score (nSPS) is 22.3. The van der Waals surface area contributed by atoms with E-state index in [1.54, 1.807) is 12.1 Å². The van der Waals surface area contributed by atoms with Gasteiger partial charge in [-0.3, -0.25) is 14.6 Å². The van der Waals surface area contributed by atoms with Crippen molar-refractivity contribution in [3.8, 4) is 0 Å². The summed E-state index contributed by atoms with van der Waals surface area (Å²) in [6, 6.07) is 15.3. The molecule has 2 aliphatic heterocycles. The van der Waals surface area contributed by atoms with E-state index in [9.17, 15) is 9.18 Å². The topological polar surface area (TPSA) is 38.8 Å². The quantitative estimate of drug-likeness (QED) is 0.743. The number of amides is 1. The zero-order chi connectivity index (χ0) is 21.8. The highest BCUT2D eigenvalue weighted by molar-refractivity contribution is 6.30. The fraction of sp³-hybridized carbons (Fsp3) is 0.458. The number of piperazine rings is 1. The summed E-state index contributed by atoms with van der Waals surface area (Å²) in [5.41, 5.74) is 2.19. The number of carbonyl (C=O) groups is 1. The van der Waals surface area contributed by atoms with E-state index in [1.165, 1.54) is 11.6 Å². The molecule has 2 aromatic rings. The number of likely N-dealkylation sites (tertiary alicyclic amines) is 1. The molecule has 0 saturated carbocycles. The Morgan fingerprint density at radius 2 is 1.90 bits per heavy atom. The van der Waals surface area contributed by atoms with E-state index in [2.05, 4.69) is 34.3 Å². The van der Waals surface area contributed by atoms with Crippen molar-refractivity contribution < 1.29 is 9.18 Å². The van der Waals surface area contributed by atoms with Gasteiger partial charge in [-0.15, -0.1) is 0 Å². The van der Waals surface area contributed by atoms with Crippen LogP contribution in [-0.2, 0) is 17.9 Å². The number of nitrogens with one attached hydrogen (secondary N) is 1. The molecule has 2 aromatic carbocycles. The highest BCUT2D eigenvalue weighted by atomic mass is 35.5. The number of carbonyl (C=O) groups excluding carboxylic acids is 1. The standard InChI is InChI=1S/C24H30ClFN4O/c1-28(15-19-7-8-22(26)21(25)13-19)20-14-23(24(31)29-11-9-27-10-12-29)30(17-20)16-18-5-3-2-4-6-18/h2-8,13,20,23,27H,9-12,14-17H2,1H3/t20-,23-/m0/s1. The Bertz CT molecular complexity index is 890. The number of hydrogen-bond acceptors (Lipinski definition) is 4. The zero-order valence-electron chi connectivity index (χ0n) is 17.9. The summed E-state index contributed by atoms with van der Waals surface area (Å²) in [6.07, 6.45) is 0.793. The van der Waals surface area contributed by atoms with Crippen LogP contribution in [0.3, 0.4) is 0 Å². The number of hydrogen-bond donors (Lipinski definition) is 1. The lowest BCUT2D eigenvalue weighted by Gasteiger charge is -2.32. The first-order chi connectivity index (χ1) is 15.0. The summed E-state index contributed by atoms with van der Waals surface area (Å²) in [4.78, 5) is 20.0. The minimum atomic E-state index is -0.398. The average molecular weight is 445 g/mol. The first-order valence-electron chi connectivity index (χ1n) is 10.9. The molecule has 0 aliphatic carbocycles. The molecule has 0 unspecified atom stereocenters. The van der Waals surface area contributed by atoms with Gasteiger partial charge in [0.25, 0.3) is 0 Å². The third-order valence-corrected chi connectivity index (χ3v) is 6.65. The van der Waals surface area contributed by atoms with Crippen LogP contribution in [0.2, 0.25) is 5.02 Å². The van der Waals surface area contributed by atoms with Crippen LogP contribution >= 0.6 is 11.6 Å². The minimum Gasteiger partial charge on any atom is -0.339 e. The van der Waals surface area contributed by atoms with Gasteiger partial charge in [-0.05, 0) is 36.7 Å². The first-order valence-corrected chi connectivity index (χ1v) is 11.3. The lowest BCUT2D eigenvalue weighted by Crippen LogP contribution is -2.52. The molecular weight excluding hydrogens is 415 g/mol. The smallest absolute Gasteiger partial charge is 0.240 e. The van der Waals surface area contributed by atoms with Crippen molar-refractivity contribution in [2.24, 2.45) is 0 Å². The predicted octanol–water partition coefficient (Wildman–Crippen LogP) is 2.99.